The zero-order chi connectivity index (χ0) is 12.8. The van der Waals surface area contributed by atoms with Gasteiger partial charge >= 0.3 is 0 Å². The molecule has 1 aliphatic carbocycles. The molecule has 3 heteroatoms. The maximum Gasteiger partial charge on any atom is 0.106 e. The fraction of sp³-hybridized carbons (Fsp3) is 0.800. The average molecular weight is 249 g/mol. The molecular weight excluding hydrogens is 222 g/mol. The van der Waals surface area contributed by atoms with E-state index in [1.165, 1.54) is 32.1 Å². The second-order valence-electron chi connectivity index (χ2n) is 5.96. The number of rotatable bonds is 6. The Labute approximate surface area is 111 Å². The molecule has 1 aliphatic rings. The normalized spacial score (nSPS) is 24.6. The van der Waals surface area contributed by atoms with Crippen LogP contribution in [0.15, 0.2) is 12.4 Å². The van der Waals surface area contributed by atoms with Gasteiger partial charge in [-0.05, 0) is 37.6 Å². The largest absolute Gasteiger partial charge is 0.349 e. The van der Waals surface area contributed by atoms with Crippen LogP contribution in [0.25, 0.3) is 0 Å². The molecule has 0 aliphatic heterocycles. The second-order valence-corrected chi connectivity index (χ2v) is 5.96. The Morgan fingerprint density at radius 3 is 3.06 bits per heavy atom. The highest BCUT2D eigenvalue weighted by atomic mass is 14.9. The molecule has 2 rings (SSSR count). The van der Waals surface area contributed by atoms with Crippen LogP contribution in [0.4, 0.5) is 0 Å². The van der Waals surface area contributed by atoms with Gasteiger partial charge in [0.2, 0.25) is 0 Å². The predicted octanol–water partition coefficient (Wildman–Crippen LogP) is 3.15. The predicted molar refractivity (Wildman–Crippen MR) is 75.5 cm³/mol. The van der Waals surface area contributed by atoms with Gasteiger partial charge < -0.3 is 10.3 Å². The minimum absolute atomic E-state index is 0.753. The van der Waals surface area contributed by atoms with Crippen molar-refractivity contribution in [3.05, 3.63) is 18.2 Å². The lowest BCUT2D eigenvalue weighted by Crippen LogP contribution is -2.36. The van der Waals surface area contributed by atoms with E-state index in [0.29, 0.717) is 0 Å². The van der Waals surface area contributed by atoms with E-state index in [1.807, 2.05) is 12.4 Å². The molecule has 2 atom stereocenters. The number of nitrogens with zero attached hydrogens (tertiary/aromatic N) is 1. The summed E-state index contributed by atoms with van der Waals surface area (Å²) in [7, 11) is 0. The van der Waals surface area contributed by atoms with Crippen molar-refractivity contribution >= 4 is 0 Å². The third kappa shape index (κ3) is 4.13. The van der Waals surface area contributed by atoms with E-state index >= 15 is 0 Å². The van der Waals surface area contributed by atoms with Crippen molar-refractivity contribution in [3.8, 4) is 0 Å². The summed E-state index contributed by atoms with van der Waals surface area (Å²) in [5.41, 5.74) is 0. The van der Waals surface area contributed by atoms with Crippen molar-refractivity contribution in [2.45, 2.75) is 58.4 Å². The molecule has 0 radical (unpaired) electrons. The fourth-order valence-corrected chi connectivity index (χ4v) is 3.02. The van der Waals surface area contributed by atoms with Crippen molar-refractivity contribution in [2.75, 3.05) is 6.54 Å². The molecule has 0 amide bonds. The van der Waals surface area contributed by atoms with Gasteiger partial charge in [0.1, 0.15) is 5.82 Å². The fourth-order valence-electron chi connectivity index (χ4n) is 3.02. The Kier molecular flexibility index (Phi) is 5.24. The summed E-state index contributed by atoms with van der Waals surface area (Å²) in [4.78, 5) is 7.41. The molecule has 1 saturated carbocycles. The van der Waals surface area contributed by atoms with Crippen LogP contribution < -0.4 is 5.32 Å². The van der Waals surface area contributed by atoms with Crippen LogP contribution in [0.1, 0.15) is 51.8 Å². The molecule has 0 bridgehead atoms. The number of imidazole rings is 1. The van der Waals surface area contributed by atoms with Gasteiger partial charge in [-0.25, -0.2) is 4.98 Å². The van der Waals surface area contributed by atoms with E-state index in [1.54, 1.807) is 0 Å². The summed E-state index contributed by atoms with van der Waals surface area (Å²) in [6.45, 7) is 5.85. The topological polar surface area (TPSA) is 40.7 Å². The smallest absolute Gasteiger partial charge is 0.106 e. The molecule has 3 nitrogen and oxygen atoms in total. The van der Waals surface area contributed by atoms with Gasteiger partial charge in [-0.15, -0.1) is 0 Å². The number of nitrogens with one attached hydrogen (secondary N) is 2. The Morgan fingerprint density at radius 2 is 2.33 bits per heavy atom. The van der Waals surface area contributed by atoms with Crippen LogP contribution >= 0.6 is 0 Å². The number of aryl methyl sites for hydroxylation is 1. The van der Waals surface area contributed by atoms with Crippen molar-refractivity contribution in [2.24, 2.45) is 11.8 Å². The van der Waals surface area contributed by atoms with Gasteiger partial charge in [-0.1, -0.05) is 26.7 Å². The zero-order valence-corrected chi connectivity index (χ0v) is 11.8. The van der Waals surface area contributed by atoms with Crippen molar-refractivity contribution < 1.29 is 0 Å². The first-order chi connectivity index (χ1) is 8.75. The van der Waals surface area contributed by atoms with E-state index in [4.69, 9.17) is 0 Å². The summed E-state index contributed by atoms with van der Waals surface area (Å²) < 4.78 is 0. The summed E-state index contributed by atoms with van der Waals surface area (Å²) in [6.07, 6.45) is 11.5. The molecule has 1 aromatic heterocycles. The van der Waals surface area contributed by atoms with Crippen LogP contribution in [0, 0.1) is 11.8 Å². The van der Waals surface area contributed by atoms with E-state index in [2.05, 4.69) is 29.1 Å². The first kappa shape index (κ1) is 13.6. The van der Waals surface area contributed by atoms with Gasteiger partial charge in [0.25, 0.3) is 0 Å². The highest BCUT2D eigenvalue weighted by molar-refractivity contribution is 4.87. The Balaban J connectivity index is 1.61. The second kappa shape index (κ2) is 6.93. The van der Waals surface area contributed by atoms with E-state index < -0.39 is 0 Å². The Hall–Kier alpha value is -0.830. The van der Waals surface area contributed by atoms with Gasteiger partial charge in [0.05, 0.1) is 0 Å². The van der Waals surface area contributed by atoms with Crippen molar-refractivity contribution in [1.82, 2.24) is 15.3 Å². The summed E-state index contributed by atoms with van der Waals surface area (Å²) in [6, 6.07) is 0.753. The molecule has 1 heterocycles. The van der Waals surface area contributed by atoms with Crippen LogP contribution in [-0.4, -0.2) is 22.6 Å². The summed E-state index contributed by atoms with van der Waals surface area (Å²) in [5, 5.41) is 3.73. The monoisotopic (exact) mass is 249 g/mol. The molecule has 1 fully saturated rings. The van der Waals surface area contributed by atoms with E-state index in [0.717, 1.165) is 36.7 Å². The van der Waals surface area contributed by atoms with Gasteiger partial charge in [0, 0.05) is 24.9 Å². The maximum absolute atomic E-state index is 4.25. The molecule has 0 spiro atoms. The van der Waals surface area contributed by atoms with E-state index in [9.17, 15) is 0 Å². The van der Waals surface area contributed by atoms with Crippen LogP contribution in [0.5, 0.6) is 0 Å². The third-order valence-electron chi connectivity index (χ3n) is 4.24. The van der Waals surface area contributed by atoms with Crippen molar-refractivity contribution in [1.29, 1.82) is 0 Å². The van der Waals surface area contributed by atoms with Gasteiger partial charge in [-0.3, -0.25) is 0 Å². The van der Waals surface area contributed by atoms with E-state index in [-0.39, 0.29) is 0 Å². The molecular formula is C15H27N3. The molecule has 0 aromatic carbocycles. The quantitative estimate of drug-likeness (QED) is 0.760. The number of hydrogen-bond acceptors (Lipinski definition) is 2. The van der Waals surface area contributed by atoms with Crippen LogP contribution in [0.2, 0.25) is 0 Å². The third-order valence-corrected chi connectivity index (χ3v) is 4.24. The zero-order valence-electron chi connectivity index (χ0n) is 11.8. The number of aromatic nitrogens is 2. The highest BCUT2D eigenvalue weighted by Gasteiger charge is 2.23. The SMILES string of the molecule is CC(C)C1CCCC(NCCCc2ncc[nH]2)C1. The first-order valence-corrected chi connectivity index (χ1v) is 7.47. The molecule has 0 saturated heterocycles. The van der Waals surface area contributed by atoms with Crippen LogP contribution in [-0.2, 0) is 6.42 Å². The Morgan fingerprint density at radius 1 is 1.44 bits per heavy atom. The van der Waals surface area contributed by atoms with Crippen LogP contribution in [0.3, 0.4) is 0 Å². The minimum Gasteiger partial charge on any atom is -0.349 e. The summed E-state index contributed by atoms with van der Waals surface area (Å²) in [5.74, 6) is 2.89. The lowest BCUT2D eigenvalue weighted by Gasteiger charge is -2.32. The maximum atomic E-state index is 4.25. The number of H-pyrrole nitrogens is 1. The highest BCUT2D eigenvalue weighted by Crippen LogP contribution is 2.29. The van der Waals surface area contributed by atoms with Gasteiger partial charge in [0.15, 0.2) is 0 Å². The molecule has 102 valence electrons. The molecule has 2 unspecified atom stereocenters. The summed E-state index contributed by atoms with van der Waals surface area (Å²) >= 11 is 0. The molecule has 2 N–H and O–H groups in total. The molecule has 1 aromatic rings. The standard InChI is InChI=1S/C15H27N3/c1-12(2)13-5-3-6-14(11-13)16-8-4-7-15-17-9-10-18-15/h9-10,12-14,16H,3-8,11H2,1-2H3,(H,17,18). The minimum atomic E-state index is 0.753. The lowest BCUT2D eigenvalue weighted by atomic mass is 9.79. The molecule has 18 heavy (non-hydrogen) atoms. The first-order valence-electron chi connectivity index (χ1n) is 7.47. The lowest BCUT2D eigenvalue weighted by molar-refractivity contribution is 0.231. The number of hydrogen-bond donors (Lipinski definition) is 2. The van der Waals surface area contributed by atoms with Gasteiger partial charge in [-0.2, -0.15) is 0 Å². The number of aromatic amines is 1. The average Bonchev–Trinajstić information content (AvgIpc) is 2.88. The van der Waals surface area contributed by atoms with Crippen molar-refractivity contribution in [3.63, 3.8) is 0 Å². The Bertz CT molecular complexity index is 318.